The van der Waals surface area contributed by atoms with Crippen molar-refractivity contribution in [1.82, 2.24) is 15.5 Å². The van der Waals surface area contributed by atoms with Gasteiger partial charge in [-0.15, -0.1) is 24.8 Å². The SMILES string of the molecule is CC(C(=O)NCC(c1ccc(C(F)(F)F)cc1)N1CCOCC1)C1CNC1.Cl.Cl. The van der Waals surface area contributed by atoms with Crippen LogP contribution in [0.3, 0.4) is 0 Å². The maximum atomic E-state index is 12.8. The van der Waals surface area contributed by atoms with E-state index >= 15 is 0 Å². The number of alkyl halides is 3. The van der Waals surface area contributed by atoms with Gasteiger partial charge in [-0.3, -0.25) is 9.69 Å². The van der Waals surface area contributed by atoms with E-state index in [9.17, 15) is 18.0 Å². The minimum absolute atomic E-state index is 0. The predicted molar refractivity (Wildman–Crippen MR) is 110 cm³/mol. The van der Waals surface area contributed by atoms with E-state index in [2.05, 4.69) is 15.5 Å². The summed E-state index contributed by atoms with van der Waals surface area (Å²) in [6.07, 6.45) is -4.35. The molecule has 2 unspecified atom stereocenters. The number of hydrogen-bond acceptors (Lipinski definition) is 4. The van der Waals surface area contributed by atoms with Crippen LogP contribution < -0.4 is 10.6 Å². The first-order valence-corrected chi connectivity index (χ1v) is 9.33. The number of nitrogens with zero attached hydrogens (tertiary/aromatic N) is 1. The number of benzene rings is 1. The van der Waals surface area contributed by atoms with Gasteiger partial charge in [0.2, 0.25) is 5.91 Å². The third-order valence-corrected chi connectivity index (χ3v) is 5.51. The van der Waals surface area contributed by atoms with Gasteiger partial charge in [0.1, 0.15) is 0 Å². The van der Waals surface area contributed by atoms with Crippen LogP contribution in [0, 0.1) is 11.8 Å². The van der Waals surface area contributed by atoms with E-state index in [0.717, 1.165) is 30.8 Å². The number of morpholine rings is 1. The van der Waals surface area contributed by atoms with Crippen LogP contribution in [0.25, 0.3) is 0 Å². The molecule has 166 valence electrons. The fraction of sp³-hybridized carbons (Fsp3) is 0.632. The summed E-state index contributed by atoms with van der Waals surface area (Å²) in [5.41, 5.74) is 0.102. The number of nitrogens with one attached hydrogen (secondary N) is 2. The molecule has 3 rings (SSSR count). The van der Waals surface area contributed by atoms with Gasteiger partial charge in [0.25, 0.3) is 0 Å². The molecule has 2 N–H and O–H groups in total. The molecule has 10 heteroatoms. The molecule has 0 bridgehead atoms. The van der Waals surface area contributed by atoms with Crippen molar-refractivity contribution in [2.24, 2.45) is 11.8 Å². The molecule has 2 heterocycles. The second-order valence-electron chi connectivity index (χ2n) is 7.24. The lowest BCUT2D eigenvalue weighted by atomic mass is 9.88. The Morgan fingerprint density at radius 1 is 1.21 bits per heavy atom. The summed E-state index contributed by atoms with van der Waals surface area (Å²) < 4.78 is 43.9. The first-order valence-electron chi connectivity index (χ1n) is 9.33. The average Bonchev–Trinajstić information content (AvgIpc) is 2.61. The molecule has 0 radical (unpaired) electrons. The Labute approximate surface area is 181 Å². The van der Waals surface area contributed by atoms with Crippen molar-refractivity contribution in [1.29, 1.82) is 0 Å². The molecule has 1 aromatic carbocycles. The average molecular weight is 458 g/mol. The molecule has 0 aromatic heterocycles. The number of halogens is 5. The van der Waals surface area contributed by atoms with E-state index in [1.54, 1.807) is 0 Å². The maximum absolute atomic E-state index is 12.8. The number of ether oxygens (including phenoxy) is 1. The number of carbonyl (C=O) groups excluding carboxylic acids is 1. The lowest BCUT2D eigenvalue weighted by Gasteiger charge is -2.36. The highest BCUT2D eigenvalue weighted by atomic mass is 35.5. The molecule has 1 aromatic rings. The topological polar surface area (TPSA) is 53.6 Å². The zero-order chi connectivity index (χ0) is 19.4. The highest BCUT2D eigenvalue weighted by molar-refractivity contribution is 5.85. The van der Waals surface area contributed by atoms with Gasteiger partial charge in [0, 0.05) is 25.6 Å². The van der Waals surface area contributed by atoms with E-state index in [4.69, 9.17) is 4.74 Å². The first-order chi connectivity index (χ1) is 12.9. The van der Waals surface area contributed by atoms with E-state index < -0.39 is 11.7 Å². The van der Waals surface area contributed by atoms with Crippen molar-refractivity contribution >= 4 is 30.7 Å². The van der Waals surface area contributed by atoms with Gasteiger partial charge in [0.15, 0.2) is 0 Å². The van der Waals surface area contributed by atoms with E-state index in [1.165, 1.54) is 12.1 Å². The zero-order valence-corrected chi connectivity index (χ0v) is 17.8. The molecular formula is C19H28Cl2F3N3O2. The number of carbonyl (C=O) groups is 1. The monoisotopic (exact) mass is 457 g/mol. The molecular weight excluding hydrogens is 430 g/mol. The molecule has 2 atom stereocenters. The summed E-state index contributed by atoms with van der Waals surface area (Å²) in [6, 6.07) is 5.05. The van der Waals surface area contributed by atoms with Gasteiger partial charge in [0.05, 0.1) is 24.8 Å². The van der Waals surface area contributed by atoms with Crippen molar-refractivity contribution in [3.8, 4) is 0 Å². The molecule has 29 heavy (non-hydrogen) atoms. The molecule has 5 nitrogen and oxygen atoms in total. The number of rotatable bonds is 6. The lowest BCUT2D eigenvalue weighted by molar-refractivity contribution is -0.137. The van der Waals surface area contributed by atoms with Crippen LogP contribution >= 0.6 is 24.8 Å². The quantitative estimate of drug-likeness (QED) is 0.689. The van der Waals surface area contributed by atoms with Crippen LogP contribution in [0.2, 0.25) is 0 Å². The van der Waals surface area contributed by atoms with Crippen LogP contribution in [0.5, 0.6) is 0 Å². The summed E-state index contributed by atoms with van der Waals surface area (Å²) in [7, 11) is 0. The molecule has 2 fully saturated rings. The summed E-state index contributed by atoms with van der Waals surface area (Å²) in [6.45, 7) is 6.51. The van der Waals surface area contributed by atoms with Crippen LogP contribution in [-0.4, -0.2) is 56.7 Å². The minimum Gasteiger partial charge on any atom is -0.379 e. The Morgan fingerprint density at radius 3 is 2.28 bits per heavy atom. The molecule has 1 amide bonds. The largest absolute Gasteiger partial charge is 0.416 e. The van der Waals surface area contributed by atoms with Gasteiger partial charge >= 0.3 is 6.18 Å². The lowest BCUT2D eigenvalue weighted by Crippen LogP contribution is -2.51. The summed E-state index contributed by atoms with van der Waals surface area (Å²) in [5, 5.41) is 6.16. The fourth-order valence-corrected chi connectivity index (χ4v) is 3.48. The normalized spacial score (nSPS) is 19.9. The van der Waals surface area contributed by atoms with E-state index in [0.29, 0.717) is 38.8 Å². The molecule has 2 saturated heterocycles. The summed E-state index contributed by atoms with van der Waals surface area (Å²) in [5.74, 6) is 0.258. The fourth-order valence-electron chi connectivity index (χ4n) is 3.48. The molecule has 2 aliphatic rings. The van der Waals surface area contributed by atoms with Crippen LogP contribution in [0.15, 0.2) is 24.3 Å². The molecule has 0 spiro atoms. The smallest absolute Gasteiger partial charge is 0.379 e. The standard InChI is InChI=1S/C19H26F3N3O2.2ClH/c1-13(15-10-23-11-15)18(26)24-12-17(25-6-8-27-9-7-25)14-2-4-16(5-3-14)19(20,21)22;;/h2-5,13,15,17,23H,6-12H2,1H3,(H,24,26);2*1H. The van der Waals surface area contributed by atoms with Crippen LogP contribution in [0.4, 0.5) is 13.2 Å². The third-order valence-electron chi connectivity index (χ3n) is 5.51. The highest BCUT2D eigenvalue weighted by Crippen LogP contribution is 2.31. The van der Waals surface area contributed by atoms with Crippen molar-refractivity contribution in [2.75, 3.05) is 45.9 Å². The van der Waals surface area contributed by atoms with Crippen molar-refractivity contribution in [3.63, 3.8) is 0 Å². The maximum Gasteiger partial charge on any atom is 0.416 e. The van der Waals surface area contributed by atoms with E-state index in [-0.39, 0.29) is 42.7 Å². The van der Waals surface area contributed by atoms with Crippen molar-refractivity contribution < 1.29 is 22.7 Å². The van der Waals surface area contributed by atoms with Crippen LogP contribution in [-0.2, 0) is 15.7 Å². The zero-order valence-electron chi connectivity index (χ0n) is 16.2. The van der Waals surface area contributed by atoms with Crippen molar-refractivity contribution in [2.45, 2.75) is 19.1 Å². The van der Waals surface area contributed by atoms with E-state index in [1.807, 2.05) is 6.92 Å². The summed E-state index contributed by atoms with van der Waals surface area (Å²) >= 11 is 0. The second kappa shape index (κ2) is 11.4. The Bertz CT molecular complexity index is 637. The third kappa shape index (κ3) is 6.72. The molecule has 0 saturated carbocycles. The molecule has 0 aliphatic carbocycles. The highest BCUT2D eigenvalue weighted by Gasteiger charge is 2.32. The predicted octanol–water partition coefficient (Wildman–Crippen LogP) is 2.89. The summed E-state index contributed by atoms with van der Waals surface area (Å²) in [4.78, 5) is 14.6. The molecule has 2 aliphatic heterocycles. The first kappa shape index (κ1) is 26.0. The Kier molecular flexibility index (Phi) is 10.2. The van der Waals surface area contributed by atoms with Gasteiger partial charge in [-0.05, 0) is 36.7 Å². The van der Waals surface area contributed by atoms with Gasteiger partial charge in [-0.1, -0.05) is 19.1 Å². The number of hydrogen-bond donors (Lipinski definition) is 2. The van der Waals surface area contributed by atoms with Gasteiger partial charge in [-0.25, -0.2) is 0 Å². The van der Waals surface area contributed by atoms with Gasteiger partial charge < -0.3 is 15.4 Å². The number of amides is 1. The Balaban J connectivity index is 0.00000210. The second-order valence-corrected chi connectivity index (χ2v) is 7.24. The minimum atomic E-state index is -4.35. The Morgan fingerprint density at radius 2 is 1.79 bits per heavy atom. The Hall–Kier alpha value is -1.06. The van der Waals surface area contributed by atoms with Gasteiger partial charge in [-0.2, -0.15) is 13.2 Å². The van der Waals surface area contributed by atoms with Crippen LogP contribution in [0.1, 0.15) is 24.1 Å². The van der Waals surface area contributed by atoms with Crippen molar-refractivity contribution in [3.05, 3.63) is 35.4 Å².